The lowest BCUT2D eigenvalue weighted by Crippen LogP contribution is -2.11. The molecule has 1 N–H and O–H groups in total. The van der Waals surface area contributed by atoms with E-state index in [1.165, 1.54) is 23.3 Å². The molecule has 0 atom stereocenters. The first-order valence-electron chi connectivity index (χ1n) is 7.53. The van der Waals surface area contributed by atoms with Crippen molar-refractivity contribution in [1.82, 2.24) is 9.78 Å². The maximum absolute atomic E-state index is 12.4. The molecule has 0 aliphatic heterocycles. The van der Waals surface area contributed by atoms with Crippen molar-refractivity contribution < 1.29 is 4.79 Å². The molecule has 1 amide bonds. The van der Waals surface area contributed by atoms with E-state index in [1.54, 1.807) is 11.3 Å². The molecule has 0 aromatic carbocycles. The molecule has 2 aromatic rings. The van der Waals surface area contributed by atoms with Crippen LogP contribution in [-0.2, 0) is 12.8 Å². The monoisotopic (exact) mass is 303 g/mol. The third-order valence-corrected chi connectivity index (χ3v) is 5.11. The number of anilines is 1. The molecule has 0 bridgehead atoms. The summed E-state index contributed by atoms with van der Waals surface area (Å²) in [5, 5.41) is 7.37. The first-order chi connectivity index (χ1) is 10.0. The van der Waals surface area contributed by atoms with Crippen molar-refractivity contribution in [2.45, 2.75) is 52.5 Å². The summed E-state index contributed by atoms with van der Waals surface area (Å²) in [4.78, 5) is 14.6. The van der Waals surface area contributed by atoms with Gasteiger partial charge in [-0.15, -0.1) is 11.3 Å². The zero-order valence-corrected chi connectivity index (χ0v) is 13.6. The number of nitrogens with zero attached hydrogens (tertiary/aromatic N) is 2. The van der Waals surface area contributed by atoms with Gasteiger partial charge in [-0.25, -0.2) is 0 Å². The van der Waals surface area contributed by atoms with Crippen LogP contribution in [0.5, 0.6) is 0 Å². The molecular formula is C16H21N3OS. The Balaban J connectivity index is 1.77. The quantitative estimate of drug-likeness (QED) is 0.932. The Morgan fingerprint density at radius 2 is 2.10 bits per heavy atom. The molecule has 5 heteroatoms. The zero-order chi connectivity index (χ0) is 15.0. The normalized spacial score (nSPS) is 14.3. The first kappa shape index (κ1) is 14.3. The molecular weight excluding hydrogens is 282 g/mol. The predicted molar refractivity (Wildman–Crippen MR) is 86.3 cm³/mol. The van der Waals surface area contributed by atoms with E-state index in [1.807, 2.05) is 17.7 Å². The second kappa shape index (κ2) is 5.64. The maximum Gasteiger partial charge on any atom is 0.266 e. The van der Waals surface area contributed by atoms with Crippen LogP contribution in [0.2, 0.25) is 0 Å². The van der Waals surface area contributed by atoms with Gasteiger partial charge in [0.15, 0.2) is 5.82 Å². The second-order valence-electron chi connectivity index (χ2n) is 5.93. The number of hydrogen-bond acceptors (Lipinski definition) is 3. The second-order valence-corrected chi connectivity index (χ2v) is 7.07. The van der Waals surface area contributed by atoms with E-state index in [0.29, 0.717) is 11.9 Å². The minimum Gasteiger partial charge on any atom is -0.304 e. The number of nitrogens with one attached hydrogen (secondary N) is 1. The highest BCUT2D eigenvalue weighted by molar-refractivity contribution is 7.14. The van der Waals surface area contributed by atoms with Gasteiger partial charge in [-0.2, -0.15) is 5.10 Å². The minimum absolute atomic E-state index is 0.0391. The predicted octanol–water partition coefficient (Wildman–Crippen LogP) is 3.97. The fourth-order valence-electron chi connectivity index (χ4n) is 2.85. The van der Waals surface area contributed by atoms with Crippen molar-refractivity contribution in [2.24, 2.45) is 0 Å². The topological polar surface area (TPSA) is 46.9 Å². The van der Waals surface area contributed by atoms with E-state index in [2.05, 4.69) is 30.3 Å². The lowest BCUT2D eigenvalue weighted by Gasteiger charge is -2.08. The van der Waals surface area contributed by atoms with Crippen LogP contribution in [0.3, 0.4) is 0 Å². The number of hydrogen-bond donors (Lipinski definition) is 1. The Morgan fingerprint density at radius 1 is 1.33 bits per heavy atom. The van der Waals surface area contributed by atoms with Crippen LogP contribution >= 0.6 is 11.3 Å². The number of carbonyl (C=O) groups excluding carboxylic acids is 1. The molecule has 21 heavy (non-hydrogen) atoms. The highest BCUT2D eigenvalue weighted by Gasteiger charge is 2.18. The summed E-state index contributed by atoms with van der Waals surface area (Å²) in [7, 11) is 0. The third kappa shape index (κ3) is 2.88. The molecule has 0 fully saturated rings. The van der Waals surface area contributed by atoms with Crippen molar-refractivity contribution in [2.75, 3.05) is 5.32 Å². The summed E-state index contributed by atoms with van der Waals surface area (Å²) in [6.07, 6.45) is 4.71. The molecule has 1 aliphatic rings. The van der Waals surface area contributed by atoms with E-state index in [4.69, 9.17) is 0 Å². The van der Waals surface area contributed by atoms with Crippen molar-refractivity contribution >= 4 is 23.1 Å². The molecule has 0 radical (unpaired) electrons. The zero-order valence-electron chi connectivity index (χ0n) is 12.8. The van der Waals surface area contributed by atoms with Crippen LogP contribution in [-0.4, -0.2) is 15.7 Å². The van der Waals surface area contributed by atoms with Gasteiger partial charge in [0.25, 0.3) is 5.91 Å². The number of aromatic nitrogens is 2. The maximum atomic E-state index is 12.4. The number of rotatable bonds is 3. The summed E-state index contributed by atoms with van der Waals surface area (Å²) in [6, 6.07) is 4.27. The van der Waals surface area contributed by atoms with Crippen LogP contribution in [0.4, 0.5) is 5.82 Å². The van der Waals surface area contributed by atoms with Gasteiger partial charge in [-0.3, -0.25) is 9.48 Å². The molecule has 4 nitrogen and oxygen atoms in total. The van der Waals surface area contributed by atoms with E-state index in [9.17, 15) is 4.79 Å². The average Bonchev–Trinajstić information content (AvgIpc) is 3.02. The lowest BCUT2D eigenvalue weighted by atomic mass is 9.99. The van der Waals surface area contributed by atoms with E-state index in [0.717, 1.165) is 23.4 Å². The molecule has 2 heterocycles. The SMILES string of the molecule is Cc1cc(NC(=O)c2cc3c(s2)CCCC3)nn1C(C)C. The Labute approximate surface area is 129 Å². The van der Waals surface area contributed by atoms with Gasteiger partial charge in [-0.05, 0) is 58.1 Å². The highest BCUT2D eigenvalue weighted by atomic mass is 32.1. The van der Waals surface area contributed by atoms with Crippen LogP contribution in [0.1, 0.15) is 58.5 Å². The Bertz CT molecular complexity index is 646. The van der Waals surface area contributed by atoms with Crippen LogP contribution < -0.4 is 5.32 Å². The van der Waals surface area contributed by atoms with Gasteiger partial charge in [-0.1, -0.05) is 0 Å². The average molecular weight is 303 g/mol. The van der Waals surface area contributed by atoms with E-state index in [-0.39, 0.29) is 5.91 Å². The summed E-state index contributed by atoms with van der Waals surface area (Å²) in [6.45, 7) is 6.17. The molecule has 1 aliphatic carbocycles. The summed E-state index contributed by atoms with van der Waals surface area (Å²) in [5.74, 6) is 0.598. The highest BCUT2D eigenvalue weighted by Crippen LogP contribution is 2.30. The molecule has 0 unspecified atom stereocenters. The smallest absolute Gasteiger partial charge is 0.266 e. The largest absolute Gasteiger partial charge is 0.304 e. The number of thiophene rings is 1. The Kier molecular flexibility index (Phi) is 3.85. The first-order valence-corrected chi connectivity index (χ1v) is 8.35. The number of aryl methyl sites for hydroxylation is 3. The van der Waals surface area contributed by atoms with Crippen molar-refractivity contribution in [3.8, 4) is 0 Å². The molecule has 0 saturated carbocycles. The van der Waals surface area contributed by atoms with Crippen LogP contribution in [0.25, 0.3) is 0 Å². The van der Waals surface area contributed by atoms with Gasteiger partial charge in [0.05, 0.1) is 4.88 Å². The van der Waals surface area contributed by atoms with Gasteiger partial charge in [0.1, 0.15) is 0 Å². The van der Waals surface area contributed by atoms with Gasteiger partial charge >= 0.3 is 0 Å². The van der Waals surface area contributed by atoms with Crippen LogP contribution in [0, 0.1) is 6.92 Å². The molecule has 2 aromatic heterocycles. The van der Waals surface area contributed by atoms with Crippen molar-refractivity contribution in [3.63, 3.8) is 0 Å². The minimum atomic E-state index is -0.0391. The molecule has 0 spiro atoms. The lowest BCUT2D eigenvalue weighted by molar-refractivity contribution is 0.103. The van der Waals surface area contributed by atoms with Gasteiger partial charge in [0, 0.05) is 22.7 Å². The molecule has 3 rings (SSSR count). The Morgan fingerprint density at radius 3 is 2.76 bits per heavy atom. The fourth-order valence-corrected chi connectivity index (χ4v) is 4.00. The Hall–Kier alpha value is -1.62. The van der Waals surface area contributed by atoms with Crippen molar-refractivity contribution in [3.05, 3.63) is 33.1 Å². The van der Waals surface area contributed by atoms with Gasteiger partial charge in [0.2, 0.25) is 0 Å². The molecule has 0 saturated heterocycles. The number of carbonyl (C=O) groups is 1. The van der Waals surface area contributed by atoms with E-state index < -0.39 is 0 Å². The molecule has 112 valence electrons. The fraction of sp³-hybridized carbons (Fsp3) is 0.500. The summed E-state index contributed by atoms with van der Waals surface area (Å²) in [5.41, 5.74) is 2.42. The summed E-state index contributed by atoms with van der Waals surface area (Å²) < 4.78 is 1.93. The number of amides is 1. The van der Waals surface area contributed by atoms with Gasteiger partial charge < -0.3 is 5.32 Å². The third-order valence-electron chi connectivity index (χ3n) is 3.87. The number of fused-ring (bicyclic) bond motifs is 1. The standard InChI is InChI=1S/C16H21N3OS/c1-10(2)19-11(3)8-15(18-19)17-16(20)14-9-12-6-4-5-7-13(12)21-14/h8-10H,4-7H2,1-3H3,(H,17,18,20). The van der Waals surface area contributed by atoms with Crippen molar-refractivity contribution in [1.29, 1.82) is 0 Å². The van der Waals surface area contributed by atoms with Crippen LogP contribution in [0.15, 0.2) is 12.1 Å². The summed E-state index contributed by atoms with van der Waals surface area (Å²) >= 11 is 1.63. The van der Waals surface area contributed by atoms with E-state index >= 15 is 0 Å².